The van der Waals surface area contributed by atoms with Crippen LogP contribution in [-0.2, 0) is 21.2 Å². The predicted molar refractivity (Wildman–Crippen MR) is 111 cm³/mol. The maximum atomic E-state index is 12.9. The van der Waals surface area contributed by atoms with Crippen LogP contribution in [0.15, 0.2) is 34.6 Å². The van der Waals surface area contributed by atoms with Crippen LogP contribution in [0.1, 0.15) is 35.5 Å². The Kier molecular flexibility index (Phi) is 5.35. The van der Waals surface area contributed by atoms with E-state index in [1.165, 1.54) is 6.08 Å². The summed E-state index contributed by atoms with van der Waals surface area (Å²) in [7, 11) is -3.46. The van der Waals surface area contributed by atoms with E-state index in [0.29, 0.717) is 31.0 Å². The number of sulfonamides is 1. The molecule has 0 N–H and O–H groups in total. The Morgan fingerprint density at radius 3 is 2.68 bits per heavy atom. The maximum absolute atomic E-state index is 12.9. The summed E-state index contributed by atoms with van der Waals surface area (Å²) in [5.41, 5.74) is 2.48. The highest BCUT2D eigenvalue weighted by atomic mass is 32.2. The molecule has 1 aromatic carbocycles. The lowest BCUT2D eigenvalue weighted by Crippen LogP contribution is -2.35. The lowest BCUT2D eigenvalue weighted by Gasteiger charge is -2.26. The molecule has 0 spiro atoms. The van der Waals surface area contributed by atoms with E-state index in [2.05, 4.69) is 4.98 Å². The van der Waals surface area contributed by atoms with Gasteiger partial charge >= 0.3 is 0 Å². The molecule has 1 amide bonds. The number of rotatable bonds is 4. The van der Waals surface area contributed by atoms with Crippen molar-refractivity contribution in [3.05, 3.63) is 45.9 Å². The van der Waals surface area contributed by atoms with E-state index >= 15 is 0 Å². The summed E-state index contributed by atoms with van der Waals surface area (Å²) in [5, 5.41) is 2.87. The van der Waals surface area contributed by atoms with Crippen molar-refractivity contribution in [2.45, 2.75) is 37.5 Å². The van der Waals surface area contributed by atoms with Crippen LogP contribution in [-0.4, -0.2) is 43.2 Å². The normalized spacial score (nSPS) is 18.0. The van der Waals surface area contributed by atoms with Crippen molar-refractivity contribution in [3.8, 4) is 0 Å². The van der Waals surface area contributed by atoms with Gasteiger partial charge in [0, 0.05) is 36.8 Å². The maximum Gasteiger partial charge on any atom is 0.251 e. The molecule has 148 valence electrons. The Morgan fingerprint density at radius 1 is 1.18 bits per heavy atom. The second-order valence-electron chi connectivity index (χ2n) is 7.12. The van der Waals surface area contributed by atoms with Gasteiger partial charge in [-0.05, 0) is 56.0 Å². The fourth-order valence-corrected chi connectivity index (χ4v) is 5.87. The van der Waals surface area contributed by atoms with Crippen molar-refractivity contribution in [1.29, 1.82) is 0 Å². The van der Waals surface area contributed by atoms with Crippen LogP contribution in [0, 0.1) is 6.92 Å². The van der Waals surface area contributed by atoms with Crippen LogP contribution in [0.4, 0.5) is 5.69 Å². The topological polar surface area (TPSA) is 70.6 Å². The zero-order valence-electron chi connectivity index (χ0n) is 15.8. The summed E-state index contributed by atoms with van der Waals surface area (Å²) in [5.74, 6) is -0.115. The zero-order valence-corrected chi connectivity index (χ0v) is 17.4. The molecule has 0 unspecified atom stereocenters. The van der Waals surface area contributed by atoms with Crippen molar-refractivity contribution in [2.24, 2.45) is 0 Å². The first-order chi connectivity index (χ1) is 13.4. The number of carbonyl (C=O) groups is 1. The first-order valence-electron chi connectivity index (χ1n) is 9.50. The average Bonchev–Trinajstić information content (AvgIpc) is 3.32. The minimum atomic E-state index is -3.46. The van der Waals surface area contributed by atoms with Crippen molar-refractivity contribution in [3.63, 3.8) is 0 Å². The van der Waals surface area contributed by atoms with Gasteiger partial charge in [0.1, 0.15) is 0 Å². The van der Waals surface area contributed by atoms with E-state index in [1.807, 2.05) is 12.3 Å². The summed E-state index contributed by atoms with van der Waals surface area (Å²) in [6, 6.07) is 5.12. The molecule has 0 atom stereocenters. The molecule has 28 heavy (non-hydrogen) atoms. The van der Waals surface area contributed by atoms with Crippen molar-refractivity contribution >= 4 is 39.0 Å². The molecule has 1 saturated heterocycles. The summed E-state index contributed by atoms with van der Waals surface area (Å²) in [6.07, 6.45) is 6.82. The monoisotopic (exact) mass is 417 g/mol. The summed E-state index contributed by atoms with van der Waals surface area (Å²) in [4.78, 5) is 19.0. The summed E-state index contributed by atoms with van der Waals surface area (Å²) < 4.78 is 27.4. The average molecular weight is 418 g/mol. The van der Waals surface area contributed by atoms with Crippen molar-refractivity contribution in [1.82, 2.24) is 9.29 Å². The molecular weight excluding hydrogens is 394 g/mol. The predicted octanol–water partition coefficient (Wildman–Crippen LogP) is 3.23. The molecule has 2 aromatic rings. The number of benzene rings is 1. The van der Waals surface area contributed by atoms with Crippen LogP contribution in [0.2, 0.25) is 0 Å². The Hall–Kier alpha value is -2.03. The van der Waals surface area contributed by atoms with E-state index in [1.54, 1.807) is 44.8 Å². The van der Waals surface area contributed by atoms with Gasteiger partial charge in [-0.1, -0.05) is 6.42 Å². The summed E-state index contributed by atoms with van der Waals surface area (Å²) >= 11 is 1.54. The van der Waals surface area contributed by atoms with Crippen LogP contribution < -0.4 is 4.90 Å². The van der Waals surface area contributed by atoms with E-state index in [0.717, 1.165) is 41.2 Å². The van der Waals surface area contributed by atoms with Gasteiger partial charge in [-0.15, -0.1) is 11.3 Å². The number of fused-ring (bicyclic) bond motifs is 1. The van der Waals surface area contributed by atoms with Crippen LogP contribution in [0.3, 0.4) is 0 Å². The Morgan fingerprint density at radius 2 is 1.96 bits per heavy atom. The number of thiazole rings is 1. The molecule has 0 bridgehead atoms. The molecule has 8 heteroatoms. The number of amides is 1. The van der Waals surface area contributed by atoms with Gasteiger partial charge in [-0.2, -0.15) is 4.31 Å². The number of hydrogen-bond acceptors (Lipinski definition) is 5. The van der Waals surface area contributed by atoms with Crippen LogP contribution >= 0.6 is 11.3 Å². The SMILES string of the molecule is Cc1nc(/C=C/C(=O)N2CCc3cc(S(=O)(=O)N4CCCCC4)ccc32)cs1. The van der Waals surface area contributed by atoms with Gasteiger partial charge in [-0.3, -0.25) is 4.79 Å². The third kappa shape index (κ3) is 3.76. The highest BCUT2D eigenvalue weighted by molar-refractivity contribution is 7.89. The molecule has 3 heterocycles. The van der Waals surface area contributed by atoms with Gasteiger partial charge in [-0.25, -0.2) is 13.4 Å². The lowest BCUT2D eigenvalue weighted by molar-refractivity contribution is -0.114. The van der Waals surface area contributed by atoms with E-state index in [-0.39, 0.29) is 5.91 Å². The number of carbonyl (C=O) groups excluding carboxylic acids is 1. The molecule has 1 aromatic heterocycles. The van der Waals surface area contributed by atoms with Crippen molar-refractivity contribution < 1.29 is 13.2 Å². The molecule has 0 aliphatic carbocycles. The molecule has 4 rings (SSSR count). The molecule has 0 radical (unpaired) electrons. The first kappa shape index (κ1) is 19.3. The van der Waals surface area contributed by atoms with Gasteiger partial charge in [0.2, 0.25) is 10.0 Å². The number of hydrogen-bond donors (Lipinski definition) is 0. The second-order valence-corrected chi connectivity index (χ2v) is 10.1. The first-order valence-corrected chi connectivity index (χ1v) is 11.8. The minimum Gasteiger partial charge on any atom is -0.308 e. The second kappa shape index (κ2) is 7.77. The Labute approximate surface area is 169 Å². The molecule has 0 saturated carbocycles. The van der Waals surface area contributed by atoms with Gasteiger partial charge in [0.25, 0.3) is 5.91 Å². The van der Waals surface area contributed by atoms with E-state index < -0.39 is 10.0 Å². The highest BCUT2D eigenvalue weighted by Crippen LogP contribution is 2.32. The lowest BCUT2D eigenvalue weighted by atomic mass is 10.2. The van der Waals surface area contributed by atoms with E-state index in [9.17, 15) is 13.2 Å². The number of nitrogens with zero attached hydrogens (tertiary/aromatic N) is 3. The number of anilines is 1. The molecular formula is C20H23N3O3S2. The largest absolute Gasteiger partial charge is 0.308 e. The zero-order chi connectivity index (χ0) is 19.7. The van der Waals surface area contributed by atoms with Gasteiger partial charge in [0.05, 0.1) is 15.6 Å². The third-order valence-corrected chi connectivity index (χ3v) is 7.89. The smallest absolute Gasteiger partial charge is 0.251 e. The fourth-order valence-electron chi connectivity index (χ4n) is 3.73. The van der Waals surface area contributed by atoms with Gasteiger partial charge < -0.3 is 4.90 Å². The molecule has 1 fully saturated rings. The Bertz CT molecular complexity index is 1020. The van der Waals surface area contributed by atoms with Crippen LogP contribution in [0.5, 0.6) is 0 Å². The van der Waals surface area contributed by atoms with Crippen molar-refractivity contribution in [2.75, 3.05) is 24.5 Å². The quantitative estimate of drug-likeness (QED) is 0.716. The number of piperidine rings is 1. The van der Waals surface area contributed by atoms with E-state index in [4.69, 9.17) is 0 Å². The molecule has 6 nitrogen and oxygen atoms in total. The molecule has 2 aliphatic heterocycles. The number of aryl methyl sites for hydroxylation is 1. The van der Waals surface area contributed by atoms with Crippen LogP contribution in [0.25, 0.3) is 6.08 Å². The highest BCUT2D eigenvalue weighted by Gasteiger charge is 2.29. The standard InChI is InChI=1S/C20H23N3O3S2/c1-15-21-17(14-27-15)5-8-20(24)23-12-9-16-13-18(6-7-19(16)23)28(25,26)22-10-3-2-4-11-22/h5-8,13-14H,2-4,9-12H2,1H3/b8-5+. The third-order valence-electron chi connectivity index (χ3n) is 5.20. The molecule has 2 aliphatic rings. The summed E-state index contributed by atoms with van der Waals surface area (Å²) in [6.45, 7) is 3.66. The fraction of sp³-hybridized carbons (Fsp3) is 0.400. The Balaban J connectivity index is 1.53. The van der Waals surface area contributed by atoms with Gasteiger partial charge in [0.15, 0.2) is 0 Å². The number of aromatic nitrogens is 1. The minimum absolute atomic E-state index is 0.115.